The molecular weight excluding hydrogens is 350 g/mol. The maximum Gasteiger partial charge on any atom is 0.0682 e. The van der Waals surface area contributed by atoms with Crippen LogP contribution in [0.2, 0.25) is 0 Å². The molecule has 1 nitrogen and oxygen atoms in total. The Morgan fingerprint density at radius 3 is 2.62 bits per heavy atom. The van der Waals surface area contributed by atoms with Crippen molar-refractivity contribution in [3.05, 3.63) is 45.3 Å². The number of benzene rings is 2. The van der Waals surface area contributed by atoms with Crippen molar-refractivity contribution < 1.29 is 0 Å². The molecule has 3 rings (SSSR count). The Kier molecular flexibility index (Phi) is 2.73. The molecule has 0 bridgehead atoms. The van der Waals surface area contributed by atoms with Crippen LogP contribution in [0.3, 0.4) is 0 Å². The maximum atomic E-state index is 3.60. The van der Waals surface area contributed by atoms with Crippen molar-refractivity contribution in [2.24, 2.45) is 0 Å². The third kappa shape index (κ3) is 1.69. The molecule has 0 spiro atoms. The number of hydrogen-bond acceptors (Lipinski definition) is 2. The van der Waals surface area contributed by atoms with Crippen molar-refractivity contribution in [3.63, 3.8) is 0 Å². The molecule has 0 atom stereocenters. The Bertz CT molecular complexity index is 569. The zero-order valence-electron chi connectivity index (χ0n) is 8.13. The van der Waals surface area contributed by atoms with Gasteiger partial charge >= 0.3 is 0 Å². The lowest BCUT2D eigenvalue weighted by Crippen LogP contribution is -2.00. The maximum absolute atomic E-state index is 3.60. The van der Waals surface area contributed by atoms with E-state index in [-0.39, 0.29) is 0 Å². The molecule has 0 radical (unpaired) electrons. The van der Waals surface area contributed by atoms with Crippen LogP contribution in [-0.2, 0) is 0 Å². The first-order valence-corrected chi connectivity index (χ1v) is 7.18. The molecule has 0 saturated carbocycles. The van der Waals surface area contributed by atoms with Crippen LogP contribution < -0.4 is 5.32 Å². The van der Waals surface area contributed by atoms with Gasteiger partial charge in [0.2, 0.25) is 0 Å². The molecule has 0 aromatic heterocycles. The van der Waals surface area contributed by atoms with E-state index in [9.17, 15) is 0 Å². The van der Waals surface area contributed by atoms with E-state index >= 15 is 0 Å². The first-order chi connectivity index (χ1) is 7.75. The molecule has 80 valence electrons. The second kappa shape index (κ2) is 4.09. The molecular formula is C12H7Br2NS. The van der Waals surface area contributed by atoms with Crippen LogP contribution >= 0.6 is 43.6 Å². The molecule has 2 aromatic rings. The van der Waals surface area contributed by atoms with Crippen LogP contribution in [0.5, 0.6) is 0 Å². The van der Waals surface area contributed by atoms with E-state index in [1.807, 2.05) is 6.07 Å². The first-order valence-electron chi connectivity index (χ1n) is 4.77. The van der Waals surface area contributed by atoms with Gasteiger partial charge in [0.15, 0.2) is 0 Å². The van der Waals surface area contributed by atoms with Gasteiger partial charge in [-0.05, 0) is 56.1 Å². The predicted molar refractivity (Wildman–Crippen MR) is 75.7 cm³/mol. The van der Waals surface area contributed by atoms with Gasteiger partial charge in [0, 0.05) is 14.3 Å². The van der Waals surface area contributed by atoms with E-state index in [2.05, 4.69) is 67.5 Å². The van der Waals surface area contributed by atoms with Gasteiger partial charge in [-0.25, -0.2) is 0 Å². The van der Waals surface area contributed by atoms with Crippen LogP contribution in [0.25, 0.3) is 0 Å². The van der Waals surface area contributed by atoms with Crippen LogP contribution in [-0.4, -0.2) is 0 Å². The van der Waals surface area contributed by atoms with E-state index in [1.165, 1.54) is 15.5 Å². The topological polar surface area (TPSA) is 12.0 Å². The van der Waals surface area contributed by atoms with Gasteiger partial charge in [-0.1, -0.05) is 23.9 Å². The minimum Gasteiger partial charge on any atom is -0.353 e. The van der Waals surface area contributed by atoms with Crippen molar-refractivity contribution in [1.29, 1.82) is 0 Å². The van der Waals surface area contributed by atoms with E-state index < -0.39 is 0 Å². The van der Waals surface area contributed by atoms with Gasteiger partial charge < -0.3 is 5.32 Å². The normalized spacial score (nSPS) is 12.6. The molecule has 1 aliphatic heterocycles. The molecule has 0 amide bonds. The van der Waals surface area contributed by atoms with Gasteiger partial charge in [-0.2, -0.15) is 0 Å². The molecule has 16 heavy (non-hydrogen) atoms. The third-order valence-corrected chi connectivity index (χ3v) is 5.58. The molecule has 0 unspecified atom stereocenters. The summed E-state index contributed by atoms with van der Waals surface area (Å²) in [5.74, 6) is 0. The Labute approximate surface area is 115 Å². The molecule has 0 aliphatic carbocycles. The van der Waals surface area contributed by atoms with Crippen molar-refractivity contribution in [2.75, 3.05) is 5.32 Å². The lowest BCUT2D eigenvalue weighted by molar-refractivity contribution is 1.29. The summed E-state index contributed by atoms with van der Waals surface area (Å²) in [5.41, 5.74) is 2.30. The van der Waals surface area contributed by atoms with Gasteiger partial charge in [-0.3, -0.25) is 0 Å². The molecule has 1 heterocycles. The molecule has 1 aliphatic rings. The number of rotatable bonds is 0. The van der Waals surface area contributed by atoms with Gasteiger partial charge in [0.25, 0.3) is 0 Å². The Hall–Kier alpha value is -0.450. The van der Waals surface area contributed by atoms with E-state index in [0.717, 1.165) is 14.6 Å². The van der Waals surface area contributed by atoms with Crippen molar-refractivity contribution in [3.8, 4) is 0 Å². The highest BCUT2D eigenvalue weighted by Crippen LogP contribution is 2.48. The van der Waals surface area contributed by atoms with Gasteiger partial charge in [0.1, 0.15) is 0 Å². The van der Waals surface area contributed by atoms with Crippen LogP contribution in [0.1, 0.15) is 0 Å². The standard InChI is InChI=1S/C12H7Br2NS/c13-7-5-6-10-12(11(7)14)15-8-3-1-2-4-9(8)16-10/h1-6,15H. The SMILES string of the molecule is Brc1ccc2c(c1Br)Nc1ccccc1S2. The van der Waals surface area contributed by atoms with Gasteiger partial charge in [0.05, 0.1) is 15.8 Å². The highest BCUT2D eigenvalue weighted by molar-refractivity contribution is 9.13. The fraction of sp³-hybridized carbons (Fsp3) is 0. The average molecular weight is 357 g/mol. The van der Waals surface area contributed by atoms with E-state index in [1.54, 1.807) is 11.8 Å². The summed E-state index contributed by atoms with van der Waals surface area (Å²) >= 11 is 8.91. The van der Waals surface area contributed by atoms with Crippen LogP contribution in [0, 0.1) is 0 Å². The number of anilines is 2. The largest absolute Gasteiger partial charge is 0.353 e. The quantitative estimate of drug-likeness (QED) is 0.577. The number of para-hydroxylation sites is 1. The lowest BCUT2D eigenvalue weighted by Gasteiger charge is -2.22. The summed E-state index contributed by atoms with van der Waals surface area (Å²) in [4.78, 5) is 2.51. The van der Waals surface area contributed by atoms with Gasteiger partial charge in [-0.15, -0.1) is 0 Å². The number of nitrogens with one attached hydrogen (secondary N) is 1. The highest BCUT2D eigenvalue weighted by atomic mass is 79.9. The number of halogens is 2. The summed E-state index contributed by atoms with van der Waals surface area (Å²) < 4.78 is 2.14. The number of hydrogen-bond donors (Lipinski definition) is 1. The molecule has 0 fully saturated rings. The van der Waals surface area contributed by atoms with Crippen molar-refractivity contribution >= 4 is 55.0 Å². The Balaban J connectivity index is 2.16. The zero-order chi connectivity index (χ0) is 11.1. The molecule has 4 heteroatoms. The summed E-state index contributed by atoms with van der Waals surface area (Å²) in [6, 6.07) is 12.5. The summed E-state index contributed by atoms with van der Waals surface area (Å²) in [7, 11) is 0. The summed E-state index contributed by atoms with van der Waals surface area (Å²) in [6.45, 7) is 0. The van der Waals surface area contributed by atoms with E-state index in [4.69, 9.17) is 0 Å². The molecule has 2 aromatic carbocycles. The number of fused-ring (bicyclic) bond motifs is 2. The summed E-state index contributed by atoms with van der Waals surface area (Å²) in [5, 5.41) is 3.45. The fourth-order valence-corrected chi connectivity index (χ4v) is 3.56. The highest BCUT2D eigenvalue weighted by Gasteiger charge is 2.18. The molecule has 0 saturated heterocycles. The van der Waals surface area contributed by atoms with Crippen molar-refractivity contribution in [1.82, 2.24) is 0 Å². The molecule has 1 N–H and O–H groups in total. The van der Waals surface area contributed by atoms with Crippen LogP contribution in [0.15, 0.2) is 55.1 Å². The lowest BCUT2D eigenvalue weighted by atomic mass is 10.2. The zero-order valence-corrected chi connectivity index (χ0v) is 12.1. The Morgan fingerprint density at radius 2 is 1.75 bits per heavy atom. The fourth-order valence-electron chi connectivity index (χ4n) is 1.65. The smallest absolute Gasteiger partial charge is 0.0682 e. The van der Waals surface area contributed by atoms with Crippen LogP contribution in [0.4, 0.5) is 11.4 Å². The predicted octanol–water partition coefficient (Wildman–Crippen LogP) is 5.42. The summed E-state index contributed by atoms with van der Waals surface area (Å²) in [6.07, 6.45) is 0. The minimum absolute atomic E-state index is 1.07. The third-order valence-electron chi connectivity index (χ3n) is 2.42. The Morgan fingerprint density at radius 1 is 0.938 bits per heavy atom. The monoisotopic (exact) mass is 355 g/mol. The second-order valence-electron chi connectivity index (χ2n) is 3.46. The van der Waals surface area contributed by atoms with E-state index in [0.29, 0.717) is 0 Å². The minimum atomic E-state index is 1.07. The average Bonchev–Trinajstić information content (AvgIpc) is 2.32. The first kappa shape index (κ1) is 10.7. The second-order valence-corrected chi connectivity index (χ2v) is 6.19. The van der Waals surface area contributed by atoms with Crippen molar-refractivity contribution in [2.45, 2.75) is 9.79 Å².